The summed E-state index contributed by atoms with van der Waals surface area (Å²) in [6.07, 6.45) is -2.95. The molecule has 0 aliphatic carbocycles. The Bertz CT molecular complexity index is 786. The molecule has 0 amide bonds. The van der Waals surface area contributed by atoms with E-state index < -0.39 is 34.7 Å². The molecule has 1 aromatic carbocycles. The van der Waals surface area contributed by atoms with Crippen molar-refractivity contribution in [3.63, 3.8) is 0 Å². The lowest BCUT2D eigenvalue weighted by atomic mass is 10.3. The van der Waals surface area contributed by atoms with E-state index in [0.29, 0.717) is 4.57 Å². The number of halogens is 4. The fraction of sp³-hybridized carbons (Fsp3) is 0.364. The van der Waals surface area contributed by atoms with Crippen molar-refractivity contribution < 1.29 is 26.0 Å². The van der Waals surface area contributed by atoms with Crippen molar-refractivity contribution in [2.45, 2.75) is 23.8 Å². The van der Waals surface area contributed by atoms with Gasteiger partial charge in [0, 0.05) is 6.26 Å². The molecule has 10 heteroatoms. The van der Waals surface area contributed by atoms with Crippen LogP contribution in [0.2, 0.25) is 0 Å². The zero-order chi connectivity index (χ0) is 16.0. The molecular weight excluding hydrogens is 314 g/mol. The van der Waals surface area contributed by atoms with E-state index in [1.165, 1.54) is 18.2 Å². The summed E-state index contributed by atoms with van der Waals surface area (Å²) in [6, 6.07) is 3.82. The van der Waals surface area contributed by atoms with Crippen LogP contribution in [-0.2, 0) is 16.4 Å². The Morgan fingerprint density at radius 2 is 2.00 bits per heavy atom. The minimum Gasteiger partial charge on any atom is -0.369 e. The number of anilines is 1. The molecule has 2 rings (SSSR count). The molecule has 0 unspecified atom stereocenters. The molecule has 21 heavy (non-hydrogen) atoms. The Kier molecular flexibility index (Phi) is 3.60. The van der Waals surface area contributed by atoms with Crippen molar-refractivity contribution in [3.05, 3.63) is 18.2 Å². The topological polar surface area (TPSA) is 78.0 Å². The highest BCUT2D eigenvalue weighted by molar-refractivity contribution is 7.91. The van der Waals surface area contributed by atoms with Gasteiger partial charge in [-0.25, -0.2) is 22.2 Å². The maximum atomic E-state index is 13.2. The standard InChI is InChI=1S/C11H11F4N3O2S/c1-21(19,20)7-4-2-3-6-8(7)17-10(16)18(6)5-11(14,15)9(12)13/h2-4,9H,5H2,1H3,(H2,16,17). The number of imidazole rings is 1. The molecule has 2 aromatic rings. The first kappa shape index (κ1) is 15.5. The largest absolute Gasteiger partial charge is 0.369 e. The first-order valence-electron chi connectivity index (χ1n) is 5.65. The summed E-state index contributed by atoms with van der Waals surface area (Å²) in [7, 11) is -3.66. The highest BCUT2D eigenvalue weighted by Gasteiger charge is 2.42. The molecule has 5 nitrogen and oxygen atoms in total. The van der Waals surface area contributed by atoms with Crippen molar-refractivity contribution in [1.82, 2.24) is 9.55 Å². The zero-order valence-electron chi connectivity index (χ0n) is 10.7. The summed E-state index contributed by atoms with van der Waals surface area (Å²) in [4.78, 5) is 3.50. The van der Waals surface area contributed by atoms with E-state index in [1.54, 1.807) is 0 Å². The number of para-hydroxylation sites is 1. The van der Waals surface area contributed by atoms with Gasteiger partial charge in [0.2, 0.25) is 5.95 Å². The number of aromatic nitrogens is 2. The third kappa shape index (κ3) is 2.80. The SMILES string of the molecule is CS(=O)(=O)c1cccc2c1nc(N)n2CC(F)(F)C(F)F. The molecule has 0 fully saturated rings. The van der Waals surface area contributed by atoms with Crippen LogP contribution in [0, 0.1) is 0 Å². The molecule has 0 spiro atoms. The molecule has 0 saturated carbocycles. The average Bonchev–Trinajstić information content (AvgIpc) is 2.64. The second-order valence-corrected chi connectivity index (χ2v) is 6.50. The van der Waals surface area contributed by atoms with Crippen LogP contribution in [0.4, 0.5) is 23.5 Å². The number of rotatable bonds is 4. The molecule has 0 aliphatic heterocycles. The van der Waals surface area contributed by atoms with Crippen LogP contribution >= 0.6 is 0 Å². The smallest absolute Gasteiger partial charge is 0.324 e. The maximum Gasteiger partial charge on any atom is 0.324 e. The Hall–Kier alpha value is -1.84. The summed E-state index contributed by atoms with van der Waals surface area (Å²) < 4.78 is 74.8. The van der Waals surface area contributed by atoms with Gasteiger partial charge in [-0.15, -0.1) is 0 Å². The Balaban J connectivity index is 2.65. The number of hydrogen-bond donors (Lipinski definition) is 1. The lowest BCUT2D eigenvalue weighted by Gasteiger charge is -2.17. The fourth-order valence-corrected chi connectivity index (χ4v) is 2.71. The van der Waals surface area contributed by atoms with Crippen LogP contribution in [0.1, 0.15) is 0 Å². The van der Waals surface area contributed by atoms with Gasteiger partial charge >= 0.3 is 12.3 Å². The number of fused-ring (bicyclic) bond motifs is 1. The number of sulfone groups is 1. The van der Waals surface area contributed by atoms with Gasteiger partial charge in [0.25, 0.3) is 0 Å². The molecule has 0 bridgehead atoms. The monoisotopic (exact) mass is 325 g/mol. The van der Waals surface area contributed by atoms with Gasteiger partial charge in [-0.3, -0.25) is 0 Å². The van der Waals surface area contributed by atoms with Gasteiger partial charge in [0.05, 0.1) is 17.0 Å². The Labute approximate surface area is 117 Å². The van der Waals surface area contributed by atoms with Crippen LogP contribution in [0.25, 0.3) is 11.0 Å². The third-order valence-corrected chi connectivity index (χ3v) is 3.99. The second kappa shape index (κ2) is 4.86. The lowest BCUT2D eigenvalue weighted by molar-refractivity contribution is -0.136. The van der Waals surface area contributed by atoms with Crippen LogP contribution in [0.3, 0.4) is 0 Å². The minimum absolute atomic E-state index is 0.0456. The first-order chi connectivity index (χ1) is 9.54. The van der Waals surface area contributed by atoms with E-state index in [1.807, 2.05) is 0 Å². The number of hydrogen-bond acceptors (Lipinski definition) is 4. The van der Waals surface area contributed by atoms with E-state index in [4.69, 9.17) is 5.73 Å². The summed E-state index contributed by atoms with van der Waals surface area (Å²) in [5, 5.41) is 0. The van der Waals surface area contributed by atoms with Crippen LogP contribution in [0.15, 0.2) is 23.1 Å². The van der Waals surface area contributed by atoms with Gasteiger partial charge in [-0.05, 0) is 12.1 Å². The molecule has 2 N–H and O–H groups in total. The number of alkyl halides is 4. The number of benzene rings is 1. The van der Waals surface area contributed by atoms with E-state index in [2.05, 4.69) is 4.98 Å². The van der Waals surface area contributed by atoms with E-state index in [9.17, 15) is 26.0 Å². The summed E-state index contributed by atoms with van der Waals surface area (Å²) in [5.74, 6) is -4.76. The van der Waals surface area contributed by atoms with Crippen LogP contribution in [0.5, 0.6) is 0 Å². The number of nitrogens with zero attached hydrogens (tertiary/aromatic N) is 2. The predicted octanol–water partition coefficient (Wildman–Crippen LogP) is 1.92. The zero-order valence-corrected chi connectivity index (χ0v) is 11.5. The van der Waals surface area contributed by atoms with Crippen LogP contribution in [-0.4, -0.2) is 36.6 Å². The molecule has 1 heterocycles. The molecule has 116 valence electrons. The van der Waals surface area contributed by atoms with E-state index >= 15 is 0 Å². The van der Waals surface area contributed by atoms with Gasteiger partial charge in [0.1, 0.15) is 5.52 Å². The molecule has 0 saturated heterocycles. The van der Waals surface area contributed by atoms with Gasteiger partial charge < -0.3 is 10.3 Å². The van der Waals surface area contributed by atoms with E-state index in [0.717, 1.165) is 6.26 Å². The van der Waals surface area contributed by atoms with E-state index in [-0.39, 0.29) is 15.9 Å². The van der Waals surface area contributed by atoms with Crippen molar-refractivity contribution in [3.8, 4) is 0 Å². The number of nitrogen functional groups attached to an aromatic ring is 1. The highest BCUT2D eigenvalue weighted by Crippen LogP contribution is 2.30. The summed E-state index contributed by atoms with van der Waals surface area (Å²) in [5.41, 5.74) is 5.28. The highest BCUT2D eigenvalue weighted by atomic mass is 32.2. The Morgan fingerprint density at radius 1 is 1.38 bits per heavy atom. The predicted molar refractivity (Wildman–Crippen MR) is 68.2 cm³/mol. The fourth-order valence-electron chi connectivity index (χ4n) is 1.88. The van der Waals surface area contributed by atoms with Crippen molar-refractivity contribution in [2.75, 3.05) is 12.0 Å². The average molecular weight is 325 g/mol. The van der Waals surface area contributed by atoms with Gasteiger partial charge in [-0.2, -0.15) is 8.78 Å². The van der Waals surface area contributed by atoms with Gasteiger partial charge in [0.15, 0.2) is 9.84 Å². The van der Waals surface area contributed by atoms with Crippen molar-refractivity contribution >= 4 is 26.8 Å². The first-order valence-corrected chi connectivity index (χ1v) is 7.54. The van der Waals surface area contributed by atoms with Crippen LogP contribution < -0.4 is 5.73 Å². The van der Waals surface area contributed by atoms with Crippen molar-refractivity contribution in [2.24, 2.45) is 0 Å². The van der Waals surface area contributed by atoms with Crippen molar-refractivity contribution in [1.29, 1.82) is 0 Å². The second-order valence-electron chi connectivity index (χ2n) is 4.51. The Morgan fingerprint density at radius 3 is 2.52 bits per heavy atom. The molecule has 1 aromatic heterocycles. The summed E-state index contributed by atoms with van der Waals surface area (Å²) >= 11 is 0. The number of nitrogens with two attached hydrogens (primary N) is 1. The quantitative estimate of drug-likeness (QED) is 0.871. The lowest BCUT2D eigenvalue weighted by Crippen LogP contribution is -2.32. The minimum atomic E-state index is -4.30. The van der Waals surface area contributed by atoms with Gasteiger partial charge in [-0.1, -0.05) is 6.07 Å². The molecule has 0 aliphatic rings. The molecule has 0 radical (unpaired) electrons. The third-order valence-electron chi connectivity index (χ3n) is 2.86. The summed E-state index contributed by atoms with van der Waals surface area (Å²) in [6.45, 7) is -1.39. The molecular formula is C11H11F4N3O2S. The molecule has 0 atom stereocenters. The normalized spacial score (nSPS) is 13.2. The maximum absolute atomic E-state index is 13.2.